The summed E-state index contributed by atoms with van der Waals surface area (Å²) in [6.45, 7) is 3.66. The van der Waals surface area contributed by atoms with E-state index in [-0.39, 0.29) is 25.6 Å². The van der Waals surface area contributed by atoms with E-state index in [9.17, 15) is 40.5 Å². The van der Waals surface area contributed by atoms with Crippen LogP contribution in [0.25, 0.3) is 0 Å². The number of carbonyl (C=O) groups is 1. The lowest BCUT2D eigenvalue weighted by molar-refractivity contribution is -0.332. The molecule has 77 heavy (non-hydrogen) atoms. The molecule has 2 saturated heterocycles. The van der Waals surface area contributed by atoms with Crippen LogP contribution in [0, 0.1) is 0 Å². The third-order valence-corrected chi connectivity index (χ3v) is 14.5. The zero-order valence-corrected chi connectivity index (χ0v) is 48.2. The van der Waals surface area contributed by atoms with Crippen LogP contribution in [0.4, 0.5) is 0 Å². The van der Waals surface area contributed by atoms with Crippen LogP contribution in [0.5, 0.6) is 0 Å². The number of aliphatic hydroxyl groups is 7. The van der Waals surface area contributed by atoms with Crippen molar-refractivity contribution < 1.29 is 69.0 Å². The van der Waals surface area contributed by atoms with E-state index in [2.05, 4.69) is 74.6 Å². The molecule has 2 aliphatic heterocycles. The summed E-state index contributed by atoms with van der Waals surface area (Å²) in [7, 11) is 0. The molecule has 0 spiro atoms. The first-order valence-corrected chi connectivity index (χ1v) is 30.9. The van der Waals surface area contributed by atoms with E-state index in [0.29, 0.717) is 13.0 Å². The highest BCUT2D eigenvalue weighted by Gasteiger charge is 2.47. The van der Waals surface area contributed by atoms with Gasteiger partial charge < -0.3 is 64.2 Å². The molecule has 2 fully saturated rings. The normalized spacial score (nSPS) is 24.7. The molecule has 2 heterocycles. The van der Waals surface area contributed by atoms with Gasteiger partial charge in [-0.05, 0) is 83.5 Å². The SMILES string of the molecule is CCCCC/C=C\C/C=C\CCCCCCCCCCCCOCC(COC1OC(COC2OC(CO)C(O)C(O)C2O)C(O)C(O)C1O)OC(=O)CCCCCCCCCC/C=C\C/C=C\C/C=C\CCCCCCC. The lowest BCUT2D eigenvalue weighted by Crippen LogP contribution is -2.61. The van der Waals surface area contributed by atoms with Gasteiger partial charge in [0.1, 0.15) is 54.9 Å². The predicted octanol–water partition coefficient (Wildman–Crippen LogP) is 11.6. The highest BCUT2D eigenvalue weighted by atomic mass is 16.7. The second-order valence-corrected chi connectivity index (χ2v) is 21.5. The second kappa shape index (κ2) is 49.5. The topological polar surface area (TPSA) is 214 Å². The van der Waals surface area contributed by atoms with Crippen molar-refractivity contribution in [2.45, 2.75) is 300 Å². The molecule has 11 unspecified atom stereocenters. The number of unbranched alkanes of at least 4 members (excludes halogenated alkanes) is 26. The van der Waals surface area contributed by atoms with Crippen LogP contribution in [0.2, 0.25) is 0 Å². The first-order chi connectivity index (χ1) is 37.6. The van der Waals surface area contributed by atoms with Crippen molar-refractivity contribution in [1.82, 2.24) is 0 Å². The molecule has 0 amide bonds. The van der Waals surface area contributed by atoms with Crippen LogP contribution in [0.15, 0.2) is 60.8 Å². The molecule has 0 radical (unpaired) electrons. The zero-order chi connectivity index (χ0) is 55.8. The third-order valence-electron chi connectivity index (χ3n) is 14.5. The van der Waals surface area contributed by atoms with Crippen LogP contribution >= 0.6 is 0 Å². The molecule has 448 valence electrons. The van der Waals surface area contributed by atoms with E-state index < -0.39 is 80.7 Å². The summed E-state index contributed by atoms with van der Waals surface area (Å²) in [6.07, 6.45) is 45.6. The first-order valence-electron chi connectivity index (χ1n) is 30.9. The van der Waals surface area contributed by atoms with Crippen molar-refractivity contribution in [3.63, 3.8) is 0 Å². The molecular formula is C63H112O14. The molecule has 7 N–H and O–H groups in total. The van der Waals surface area contributed by atoms with E-state index in [4.69, 9.17) is 28.4 Å². The average Bonchev–Trinajstić information content (AvgIpc) is 3.43. The molecule has 2 aliphatic rings. The van der Waals surface area contributed by atoms with Crippen LogP contribution in [0.3, 0.4) is 0 Å². The smallest absolute Gasteiger partial charge is 0.306 e. The minimum Gasteiger partial charge on any atom is -0.457 e. The van der Waals surface area contributed by atoms with Crippen LogP contribution in [-0.2, 0) is 33.2 Å². The minimum absolute atomic E-state index is 0.0550. The highest BCUT2D eigenvalue weighted by Crippen LogP contribution is 2.27. The number of hydrogen-bond donors (Lipinski definition) is 7. The fraction of sp³-hybridized carbons (Fsp3) is 0.825. The Morgan fingerprint density at radius 3 is 1.29 bits per heavy atom. The van der Waals surface area contributed by atoms with Gasteiger partial charge in [-0.3, -0.25) is 4.79 Å². The minimum atomic E-state index is -1.71. The van der Waals surface area contributed by atoms with Gasteiger partial charge >= 0.3 is 5.97 Å². The lowest BCUT2D eigenvalue weighted by Gasteiger charge is -2.42. The molecular weight excluding hydrogens is 981 g/mol. The van der Waals surface area contributed by atoms with E-state index in [1.54, 1.807) is 0 Å². The fourth-order valence-corrected chi connectivity index (χ4v) is 9.50. The Morgan fingerprint density at radius 1 is 0.429 bits per heavy atom. The Hall–Kier alpha value is -2.31. The van der Waals surface area contributed by atoms with Crippen molar-refractivity contribution >= 4 is 5.97 Å². The number of allylic oxidation sites excluding steroid dienone is 10. The second-order valence-electron chi connectivity index (χ2n) is 21.5. The maximum Gasteiger partial charge on any atom is 0.306 e. The molecule has 0 saturated carbocycles. The van der Waals surface area contributed by atoms with Gasteiger partial charge in [-0.25, -0.2) is 0 Å². The molecule has 0 aromatic rings. The molecule has 14 heteroatoms. The highest BCUT2D eigenvalue weighted by molar-refractivity contribution is 5.69. The zero-order valence-electron chi connectivity index (χ0n) is 48.2. The van der Waals surface area contributed by atoms with Crippen molar-refractivity contribution in [2.75, 3.05) is 33.0 Å². The number of rotatable bonds is 50. The number of aliphatic hydroxyl groups excluding tert-OH is 7. The van der Waals surface area contributed by atoms with Gasteiger partial charge in [-0.15, -0.1) is 0 Å². The number of esters is 1. The van der Waals surface area contributed by atoms with E-state index in [1.807, 2.05) is 0 Å². The molecule has 2 rings (SSSR count). The van der Waals surface area contributed by atoms with Gasteiger partial charge in [-0.2, -0.15) is 0 Å². The van der Waals surface area contributed by atoms with Crippen LogP contribution in [-0.4, -0.2) is 142 Å². The van der Waals surface area contributed by atoms with Gasteiger partial charge in [0.15, 0.2) is 12.6 Å². The van der Waals surface area contributed by atoms with Crippen molar-refractivity contribution in [1.29, 1.82) is 0 Å². The molecule has 0 aromatic heterocycles. The van der Waals surface area contributed by atoms with Crippen LogP contribution in [0.1, 0.15) is 232 Å². The molecule has 0 aromatic carbocycles. The Bertz CT molecular complexity index is 1500. The van der Waals surface area contributed by atoms with E-state index in [1.165, 1.54) is 141 Å². The van der Waals surface area contributed by atoms with Gasteiger partial charge in [0.25, 0.3) is 0 Å². The Kier molecular flexibility index (Phi) is 45.5. The standard InChI is InChI=1S/C63H112O14/c1-3-5-7-9-11-13-15-17-19-21-23-25-26-27-28-30-32-34-36-38-40-42-44-46-55(65)75-52(49-72-47-45-43-41-39-37-35-33-31-29-24-22-20-18-16-14-12-10-8-6-4-2)50-73-62-61(71)59(69)57(67)54(77-62)51-74-63-60(70)58(68)56(66)53(48-64)76-63/h12,14-15,17-18,20-21,23,26-27,52-54,56-64,66-71H,3-11,13,16,19,22,24-25,28-51H2,1-2H3/b14-12-,17-15-,20-18-,23-21-,27-26-. The number of carbonyl (C=O) groups excluding carboxylic acids is 1. The molecule has 11 atom stereocenters. The molecule has 14 nitrogen and oxygen atoms in total. The summed E-state index contributed by atoms with van der Waals surface area (Å²) in [5.74, 6) is -0.384. The van der Waals surface area contributed by atoms with Gasteiger partial charge in [0, 0.05) is 13.0 Å². The molecule has 0 bridgehead atoms. The number of ether oxygens (including phenoxy) is 6. The van der Waals surface area contributed by atoms with Gasteiger partial charge in [-0.1, -0.05) is 203 Å². The van der Waals surface area contributed by atoms with Crippen molar-refractivity contribution in [2.24, 2.45) is 0 Å². The quantitative estimate of drug-likeness (QED) is 0.0172. The monoisotopic (exact) mass is 1090 g/mol. The maximum absolute atomic E-state index is 13.1. The Morgan fingerprint density at radius 2 is 0.805 bits per heavy atom. The van der Waals surface area contributed by atoms with E-state index in [0.717, 1.165) is 64.2 Å². The average molecular weight is 1090 g/mol. The lowest BCUT2D eigenvalue weighted by atomic mass is 9.98. The summed E-state index contributed by atoms with van der Waals surface area (Å²) in [5, 5.41) is 72.4. The Balaban J connectivity index is 1.70. The maximum atomic E-state index is 13.1. The Labute approximate surface area is 466 Å². The summed E-state index contributed by atoms with van der Waals surface area (Å²) in [5.41, 5.74) is 0. The summed E-state index contributed by atoms with van der Waals surface area (Å²) in [4.78, 5) is 13.1. The number of hydrogen-bond acceptors (Lipinski definition) is 14. The third kappa shape index (κ3) is 35.9. The summed E-state index contributed by atoms with van der Waals surface area (Å²) < 4.78 is 34.4. The fourth-order valence-electron chi connectivity index (χ4n) is 9.50. The summed E-state index contributed by atoms with van der Waals surface area (Å²) >= 11 is 0. The molecule has 0 aliphatic carbocycles. The summed E-state index contributed by atoms with van der Waals surface area (Å²) in [6, 6.07) is 0. The van der Waals surface area contributed by atoms with Gasteiger partial charge in [0.05, 0.1) is 26.4 Å². The predicted molar refractivity (Wildman–Crippen MR) is 307 cm³/mol. The van der Waals surface area contributed by atoms with Crippen molar-refractivity contribution in [3.05, 3.63) is 60.8 Å². The van der Waals surface area contributed by atoms with E-state index >= 15 is 0 Å². The van der Waals surface area contributed by atoms with Crippen molar-refractivity contribution in [3.8, 4) is 0 Å². The first kappa shape index (κ1) is 70.8. The van der Waals surface area contributed by atoms with Gasteiger partial charge in [0.2, 0.25) is 0 Å². The van der Waals surface area contributed by atoms with Crippen LogP contribution < -0.4 is 0 Å². The largest absolute Gasteiger partial charge is 0.457 e.